The standard InChI is InChI=1S/C29H28N4O3S2/c1-4-35-24-17-19(16-22-26(30)33-29(31-27(22)34)38-28(32-33)18(2)3)12-13-23(24)36-14-15-37-25-11-7-9-20-8-5-6-10-21(20)25/h5-13,16-18,30H,4,14-15H2,1-3H3/b22-16-,30-26?. The Balaban J connectivity index is 1.29. The van der Waals surface area contributed by atoms with E-state index in [-0.39, 0.29) is 17.3 Å². The Bertz CT molecular complexity index is 1490. The number of hydrogen-bond acceptors (Lipinski definition) is 7. The lowest BCUT2D eigenvalue weighted by Gasteiger charge is -2.20. The van der Waals surface area contributed by atoms with Gasteiger partial charge in [-0.15, -0.1) is 11.8 Å². The van der Waals surface area contributed by atoms with E-state index in [1.54, 1.807) is 17.8 Å². The van der Waals surface area contributed by atoms with Gasteiger partial charge in [-0.25, -0.2) is 0 Å². The van der Waals surface area contributed by atoms with Gasteiger partial charge in [-0.2, -0.15) is 15.1 Å². The van der Waals surface area contributed by atoms with Crippen LogP contribution in [0.1, 0.15) is 26.3 Å². The van der Waals surface area contributed by atoms with Crippen LogP contribution < -0.4 is 9.47 Å². The highest BCUT2D eigenvalue weighted by atomic mass is 32.2. The monoisotopic (exact) mass is 544 g/mol. The minimum Gasteiger partial charge on any atom is -0.490 e. The lowest BCUT2D eigenvalue weighted by atomic mass is 10.1. The number of ether oxygens (including phenoxy) is 2. The summed E-state index contributed by atoms with van der Waals surface area (Å²) in [5, 5.41) is 18.2. The molecule has 3 aromatic carbocycles. The largest absolute Gasteiger partial charge is 0.490 e. The van der Waals surface area contributed by atoms with Crippen LogP contribution in [0.5, 0.6) is 11.5 Å². The number of fused-ring (bicyclic) bond motifs is 2. The molecule has 38 heavy (non-hydrogen) atoms. The summed E-state index contributed by atoms with van der Waals surface area (Å²) in [5.41, 5.74) is 0.906. The topological polar surface area (TPSA) is 87.3 Å². The summed E-state index contributed by atoms with van der Waals surface area (Å²) in [5.74, 6) is 1.78. The summed E-state index contributed by atoms with van der Waals surface area (Å²) < 4.78 is 11.9. The second kappa shape index (κ2) is 11.4. The number of carbonyl (C=O) groups excluding carboxylic acids is 1. The van der Waals surface area contributed by atoms with Crippen molar-refractivity contribution in [3.63, 3.8) is 0 Å². The molecule has 0 unspecified atom stereocenters. The first-order valence-corrected chi connectivity index (χ1v) is 14.2. The Morgan fingerprint density at radius 3 is 2.71 bits per heavy atom. The van der Waals surface area contributed by atoms with E-state index in [1.165, 1.54) is 32.4 Å². The summed E-state index contributed by atoms with van der Waals surface area (Å²) in [4.78, 5) is 18.1. The first-order valence-electron chi connectivity index (χ1n) is 12.4. The normalized spacial score (nSPS) is 16.2. The number of rotatable bonds is 9. The average Bonchev–Trinajstić information content (AvgIpc) is 3.35. The third-order valence-corrected chi connectivity index (χ3v) is 8.14. The molecule has 0 saturated carbocycles. The van der Waals surface area contributed by atoms with Crippen LogP contribution in [0.3, 0.4) is 0 Å². The SMILES string of the molecule is CCOc1cc(/C=C2/C(=N)N3N=C(C(C)C)SC3=NC2=O)ccc1OCCSc1cccc2ccccc12. The zero-order valence-corrected chi connectivity index (χ0v) is 23.1. The van der Waals surface area contributed by atoms with E-state index >= 15 is 0 Å². The molecule has 9 heteroatoms. The van der Waals surface area contributed by atoms with Crippen molar-refractivity contribution in [2.45, 2.75) is 25.7 Å². The molecule has 0 radical (unpaired) electrons. The van der Waals surface area contributed by atoms with Crippen molar-refractivity contribution in [3.8, 4) is 11.5 Å². The zero-order chi connectivity index (χ0) is 26.6. The molecule has 0 aromatic heterocycles. The van der Waals surface area contributed by atoms with E-state index in [9.17, 15) is 4.79 Å². The van der Waals surface area contributed by atoms with E-state index in [2.05, 4.69) is 46.5 Å². The second-order valence-electron chi connectivity index (χ2n) is 8.93. The van der Waals surface area contributed by atoms with Crippen molar-refractivity contribution in [1.82, 2.24) is 5.01 Å². The van der Waals surface area contributed by atoms with Crippen molar-refractivity contribution in [2.24, 2.45) is 16.0 Å². The number of nitrogens with one attached hydrogen (secondary N) is 1. The fraction of sp³-hybridized carbons (Fsp3) is 0.241. The van der Waals surface area contributed by atoms with E-state index in [0.717, 1.165) is 16.4 Å². The van der Waals surface area contributed by atoms with E-state index in [0.29, 0.717) is 29.9 Å². The summed E-state index contributed by atoms with van der Waals surface area (Å²) in [6.45, 7) is 6.94. The van der Waals surface area contributed by atoms with Gasteiger partial charge in [0.05, 0.1) is 18.8 Å². The third-order valence-electron chi connectivity index (χ3n) is 5.89. The molecule has 0 atom stereocenters. The molecule has 5 rings (SSSR count). The van der Waals surface area contributed by atoms with Crippen molar-refractivity contribution in [2.75, 3.05) is 19.0 Å². The molecule has 1 N–H and O–H groups in total. The van der Waals surface area contributed by atoms with Crippen LogP contribution >= 0.6 is 23.5 Å². The quantitative estimate of drug-likeness (QED) is 0.184. The fourth-order valence-electron chi connectivity index (χ4n) is 4.03. The summed E-state index contributed by atoms with van der Waals surface area (Å²) in [6.07, 6.45) is 1.65. The number of thioether (sulfide) groups is 2. The van der Waals surface area contributed by atoms with Crippen LogP contribution in [-0.2, 0) is 4.79 Å². The number of hydrogen-bond donors (Lipinski definition) is 1. The van der Waals surface area contributed by atoms with Gasteiger partial charge in [0.25, 0.3) is 5.91 Å². The van der Waals surface area contributed by atoms with Crippen LogP contribution in [0.2, 0.25) is 0 Å². The van der Waals surface area contributed by atoms with Gasteiger partial charge in [-0.3, -0.25) is 10.2 Å². The second-order valence-corrected chi connectivity index (χ2v) is 11.1. The number of nitrogens with zero attached hydrogens (tertiary/aromatic N) is 3. The first kappa shape index (κ1) is 26.1. The molecule has 0 fully saturated rings. The van der Waals surface area contributed by atoms with Gasteiger partial charge < -0.3 is 9.47 Å². The van der Waals surface area contributed by atoms with Gasteiger partial charge in [-0.1, -0.05) is 56.3 Å². The van der Waals surface area contributed by atoms with E-state index in [4.69, 9.17) is 14.9 Å². The molecular weight excluding hydrogens is 516 g/mol. The zero-order valence-electron chi connectivity index (χ0n) is 21.4. The van der Waals surface area contributed by atoms with Gasteiger partial charge in [0.1, 0.15) is 5.04 Å². The predicted octanol–water partition coefficient (Wildman–Crippen LogP) is 6.68. The Kier molecular flexibility index (Phi) is 7.85. The molecule has 7 nitrogen and oxygen atoms in total. The maximum Gasteiger partial charge on any atom is 0.283 e. The van der Waals surface area contributed by atoms with Crippen molar-refractivity contribution in [3.05, 3.63) is 71.8 Å². The lowest BCUT2D eigenvalue weighted by molar-refractivity contribution is -0.114. The fourth-order valence-corrected chi connectivity index (χ4v) is 5.83. The number of amidine groups is 2. The maximum absolute atomic E-state index is 12.7. The van der Waals surface area contributed by atoms with Crippen LogP contribution in [0.15, 0.2) is 81.2 Å². The smallest absolute Gasteiger partial charge is 0.283 e. The van der Waals surface area contributed by atoms with Gasteiger partial charge >= 0.3 is 0 Å². The predicted molar refractivity (Wildman–Crippen MR) is 158 cm³/mol. The number of hydrazone groups is 1. The Labute approximate surface area is 230 Å². The highest BCUT2D eigenvalue weighted by Gasteiger charge is 2.36. The highest BCUT2D eigenvalue weighted by Crippen LogP contribution is 2.33. The third kappa shape index (κ3) is 5.49. The van der Waals surface area contributed by atoms with Gasteiger partial charge in [0.2, 0.25) is 5.17 Å². The van der Waals surface area contributed by atoms with Gasteiger partial charge in [0, 0.05) is 16.6 Å². The van der Waals surface area contributed by atoms with Gasteiger partial charge in [0.15, 0.2) is 17.3 Å². The minimum atomic E-state index is -0.447. The number of amides is 1. The van der Waals surface area contributed by atoms with Crippen molar-refractivity contribution < 1.29 is 14.3 Å². The Hall–Kier alpha value is -3.56. The van der Waals surface area contributed by atoms with E-state index in [1.807, 2.05) is 45.0 Å². The molecule has 2 heterocycles. The molecule has 0 spiro atoms. The highest BCUT2D eigenvalue weighted by molar-refractivity contribution is 8.27. The summed E-state index contributed by atoms with van der Waals surface area (Å²) in [6, 6.07) is 20.2. The molecule has 2 aliphatic rings. The average molecular weight is 545 g/mol. The van der Waals surface area contributed by atoms with Crippen LogP contribution in [-0.4, -0.2) is 45.9 Å². The maximum atomic E-state index is 12.7. The lowest BCUT2D eigenvalue weighted by Crippen LogP contribution is -2.35. The number of aliphatic imine (C=N–C) groups is 1. The van der Waals surface area contributed by atoms with Crippen molar-refractivity contribution in [1.29, 1.82) is 5.41 Å². The van der Waals surface area contributed by atoms with Crippen LogP contribution in [0.25, 0.3) is 16.8 Å². The molecule has 0 saturated heterocycles. The van der Waals surface area contributed by atoms with Crippen LogP contribution in [0.4, 0.5) is 0 Å². The van der Waals surface area contributed by atoms with Crippen LogP contribution in [0, 0.1) is 11.3 Å². The van der Waals surface area contributed by atoms with Crippen molar-refractivity contribution >= 4 is 62.3 Å². The number of benzene rings is 3. The molecule has 194 valence electrons. The summed E-state index contributed by atoms with van der Waals surface area (Å²) in [7, 11) is 0. The first-order chi connectivity index (χ1) is 18.4. The number of carbonyl (C=O) groups is 1. The van der Waals surface area contributed by atoms with Gasteiger partial charge in [-0.05, 0) is 59.3 Å². The molecule has 0 aliphatic carbocycles. The Morgan fingerprint density at radius 1 is 1.08 bits per heavy atom. The molecular formula is C29H28N4O3S2. The Morgan fingerprint density at radius 2 is 1.89 bits per heavy atom. The van der Waals surface area contributed by atoms with E-state index < -0.39 is 5.91 Å². The molecule has 3 aromatic rings. The molecule has 1 amide bonds. The molecule has 0 bridgehead atoms. The summed E-state index contributed by atoms with van der Waals surface area (Å²) >= 11 is 3.10. The minimum absolute atomic E-state index is 0.0203. The molecule has 2 aliphatic heterocycles.